The van der Waals surface area contributed by atoms with Crippen LogP contribution in [-0.4, -0.2) is 18.2 Å². The van der Waals surface area contributed by atoms with Gasteiger partial charge in [0.2, 0.25) is 0 Å². The van der Waals surface area contributed by atoms with Gasteiger partial charge in [-0.15, -0.1) is 0 Å². The Morgan fingerprint density at radius 3 is 2.76 bits per heavy atom. The van der Waals surface area contributed by atoms with Crippen LogP contribution < -0.4 is 9.47 Å². The minimum atomic E-state index is -1.07. The van der Waals surface area contributed by atoms with Crippen molar-refractivity contribution >= 4 is 5.97 Å². The van der Waals surface area contributed by atoms with E-state index in [2.05, 4.69) is 0 Å². The van der Waals surface area contributed by atoms with Crippen molar-refractivity contribution in [1.82, 2.24) is 0 Å². The number of carbonyl (C=O) groups is 1. The van der Waals surface area contributed by atoms with Crippen molar-refractivity contribution in [3.63, 3.8) is 0 Å². The number of hydrogen-bond acceptors (Lipinski definition) is 4. The van der Waals surface area contributed by atoms with Crippen molar-refractivity contribution in [3.05, 3.63) is 59.2 Å². The van der Waals surface area contributed by atoms with E-state index in [-0.39, 0.29) is 17.9 Å². The van der Waals surface area contributed by atoms with Crippen LogP contribution in [0, 0.1) is 11.3 Å². The van der Waals surface area contributed by atoms with Gasteiger partial charge >= 0.3 is 5.97 Å². The Labute approximate surface area is 122 Å². The molecule has 0 heterocycles. The van der Waals surface area contributed by atoms with Crippen LogP contribution in [0.5, 0.6) is 11.5 Å². The third kappa shape index (κ3) is 3.51. The molecule has 0 bridgehead atoms. The topological polar surface area (TPSA) is 79.6 Å². The Hall–Kier alpha value is -3.00. The maximum atomic E-state index is 11.2. The fourth-order valence-corrected chi connectivity index (χ4v) is 1.82. The average Bonchev–Trinajstić information content (AvgIpc) is 2.52. The van der Waals surface area contributed by atoms with Gasteiger partial charge < -0.3 is 14.6 Å². The molecule has 0 radical (unpaired) electrons. The number of nitriles is 1. The highest BCUT2D eigenvalue weighted by atomic mass is 16.5. The second kappa shape index (κ2) is 6.44. The molecule has 2 aromatic carbocycles. The number of carboxylic acids is 1. The van der Waals surface area contributed by atoms with E-state index >= 15 is 0 Å². The number of ether oxygens (including phenoxy) is 2. The van der Waals surface area contributed by atoms with E-state index in [1.165, 1.54) is 19.2 Å². The highest BCUT2D eigenvalue weighted by Gasteiger charge is 2.12. The maximum Gasteiger partial charge on any atom is 0.339 e. The van der Waals surface area contributed by atoms with Gasteiger partial charge in [0.1, 0.15) is 23.7 Å². The molecule has 0 aliphatic rings. The summed E-state index contributed by atoms with van der Waals surface area (Å²) in [7, 11) is 1.50. The van der Waals surface area contributed by atoms with Crippen LogP contribution in [0.2, 0.25) is 0 Å². The molecule has 5 heteroatoms. The van der Waals surface area contributed by atoms with Crippen LogP contribution in [0.4, 0.5) is 0 Å². The Bertz CT molecular complexity index is 704. The molecule has 0 saturated heterocycles. The lowest BCUT2D eigenvalue weighted by atomic mass is 10.1. The molecule has 21 heavy (non-hydrogen) atoms. The fraction of sp³-hybridized carbons (Fsp3) is 0.125. The summed E-state index contributed by atoms with van der Waals surface area (Å²) in [5, 5.41) is 18.0. The van der Waals surface area contributed by atoms with Crippen LogP contribution in [-0.2, 0) is 6.61 Å². The molecule has 0 aliphatic heterocycles. The molecule has 0 fully saturated rings. The zero-order chi connectivity index (χ0) is 15.2. The Balaban J connectivity index is 2.22. The number of rotatable bonds is 5. The Morgan fingerprint density at radius 1 is 1.29 bits per heavy atom. The lowest BCUT2D eigenvalue weighted by Gasteiger charge is -2.11. The monoisotopic (exact) mass is 283 g/mol. The van der Waals surface area contributed by atoms with Crippen molar-refractivity contribution in [1.29, 1.82) is 5.26 Å². The average molecular weight is 283 g/mol. The number of carboxylic acid groups (broad SMARTS) is 1. The predicted octanol–water partition coefficient (Wildman–Crippen LogP) is 2.84. The molecule has 0 unspecified atom stereocenters. The second-order valence-electron chi connectivity index (χ2n) is 4.27. The Kier molecular flexibility index (Phi) is 4.42. The van der Waals surface area contributed by atoms with Crippen molar-refractivity contribution < 1.29 is 19.4 Å². The minimum Gasteiger partial charge on any atom is -0.497 e. The first-order valence-corrected chi connectivity index (χ1v) is 6.17. The molecule has 2 rings (SSSR count). The summed E-state index contributed by atoms with van der Waals surface area (Å²) in [6, 6.07) is 13.5. The van der Waals surface area contributed by atoms with E-state index in [0.29, 0.717) is 11.3 Å². The number of benzene rings is 2. The molecule has 5 nitrogen and oxygen atoms in total. The summed E-state index contributed by atoms with van der Waals surface area (Å²) in [4.78, 5) is 11.2. The maximum absolute atomic E-state index is 11.2. The van der Waals surface area contributed by atoms with Gasteiger partial charge in [-0.3, -0.25) is 0 Å². The fourth-order valence-electron chi connectivity index (χ4n) is 1.82. The van der Waals surface area contributed by atoms with Gasteiger partial charge in [0.05, 0.1) is 18.7 Å². The molecule has 0 atom stereocenters. The summed E-state index contributed by atoms with van der Waals surface area (Å²) < 4.78 is 10.6. The van der Waals surface area contributed by atoms with Crippen LogP contribution in [0.25, 0.3) is 0 Å². The third-order valence-electron chi connectivity index (χ3n) is 2.87. The Morgan fingerprint density at radius 2 is 2.10 bits per heavy atom. The van der Waals surface area contributed by atoms with Gasteiger partial charge in [-0.05, 0) is 29.8 Å². The van der Waals surface area contributed by atoms with Gasteiger partial charge in [0, 0.05) is 6.07 Å². The van der Waals surface area contributed by atoms with Crippen LogP contribution in [0.3, 0.4) is 0 Å². The summed E-state index contributed by atoms with van der Waals surface area (Å²) >= 11 is 0. The largest absolute Gasteiger partial charge is 0.497 e. The molecule has 0 saturated carbocycles. The standard InChI is InChI=1S/C16H13NO4/c1-20-13-5-6-14(16(18)19)15(8-13)21-10-12-4-2-3-11(7-12)9-17/h2-8H,10H2,1H3,(H,18,19). The summed E-state index contributed by atoms with van der Waals surface area (Å²) in [6.07, 6.45) is 0. The van der Waals surface area contributed by atoms with E-state index in [9.17, 15) is 4.79 Å². The number of methoxy groups -OCH3 is 1. The highest BCUT2D eigenvalue weighted by molar-refractivity contribution is 5.91. The van der Waals surface area contributed by atoms with Gasteiger partial charge in [-0.25, -0.2) is 4.79 Å². The van der Waals surface area contributed by atoms with Gasteiger partial charge in [0.25, 0.3) is 0 Å². The zero-order valence-corrected chi connectivity index (χ0v) is 11.4. The summed E-state index contributed by atoms with van der Waals surface area (Å²) in [5.74, 6) is -0.330. The minimum absolute atomic E-state index is 0.0623. The normalized spacial score (nSPS) is 9.71. The zero-order valence-electron chi connectivity index (χ0n) is 11.4. The number of hydrogen-bond donors (Lipinski definition) is 1. The smallest absolute Gasteiger partial charge is 0.339 e. The third-order valence-corrected chi connectivity index (χ3v) is 2.87. The second-order valence-corrected chi connectivity index (χ2v) is 4.27. The van der Waals surface area contributed by atoms with E-state index in [1.807, 2.05) is 6.07 Å². The lowest BCUT2D eigenvalue weighted by molar-refractivity contribution is 0.0691. The molecule has 0 spiro atoms. The molecular weight excluding hydrogens is 270 g/mol. The molecule has 106 valence electrons. The van der Waals surface area contributed by atoms with Gasteiger partial charge in [-0.2, -0.15) is 5.26 Å². The summed E-state index contributed by atoms with van der Waals surface area (Å²) in [6.45, 7) is 0.170. The molecule has 0 aliphatic carbocycles. The molecular formula is C16H13NO4. The van der Waals surface area contributed by atoms with Crippen LogP contribution >= 0.6 is 0 Å². The van der Waals surface area contributed by atoms with Gasteiger partial charge in [-0.1, -0.05) is 12.1 Å². The number of nitrogens with zero attached hydrogens (tertiary/aromatic N) is 1. The lowest BCUT2D eigenvalue weighted by Crippen LogP contribution is -2.04. The first-order valence-electron chi connectivity index (χ1n) is 6.17. The SMILES string of the molecule is COc1ccc(C(=O)O)c(OCc2cccc(C#N)c2)c1. The molecule has 2 aromatic rings. The highest BCUT2D eigenvalue weighted by Crippen LogP contribution is 2.25. The molecule has 0 amide bonds. The van der Waals surface area contributed by atoms with E-state index in [4.69, 9.17) is 19.8 Å². The first kappa shape index (κ1) is 14.4. The predicted molar refractivity (Wildman–Crippen MR) is 75.4 cm³/mol. The first-order chi connectivity index (χ1) is 10.1. The molecule has 0 aromatic heterocycles. The quantitative estimate of drug-likeness (QED) is 0.912. The van der Waals surface area contributed by atoms with Crippen molar-refractivity contribution in [2.75, 3.05) is 7.11 Å². The van der Waals surface area contributed by atoms with E-state index in [0.717, 1.165) is 5.56 Å². The summed E-state index contributed by atoms with van der Waals surface area (Å²) in [5.41, 5.74) is 1.38. The van der Waals surface area contributed by atoms with E-state index in [1.54, 1.807) is 30.3 Å². The molecule has 1 N–H and O–H groups in total. The van der Waals surface area contributed by atoms with Crippen molar-refractivity contribution in [2.45, 2.75) is 6.61 Å². The van der Waals surface area contributed by atoms with Crippen molar-refractivity contribution in [3.8, 4) is 17.6 Å². The number of aromatic carboxylic acids is 1. The van der Waals surface area contributed by atoms with Crippen LogP contribution in [0.15, 0.2) is 42.5 Å². The van der Waals surface area contributed by atoms with Gasteiger partial charge in [0.15, 0.2) is 0 Å². The van der Waals surface area contributed by atoms with E-state index < -0.39 is 5.97 Å². The van der Waals surface area contributed by atoms with Crippen LogP contribution in [0.1, 0.15) is 21.5 Å². The van der Waals surface area contributed by atoms with Crippen molar-refractivity contribution in [2.24, 2.45) is 0 Å².